The summed E-state index contributed by atoms with van der Waals surface area (Å²) in [5.74, 6) is -0.633. The molecule has 1 rings (SSSR count). The smallest absolute Gasteiger partial charge is 0.325 e. The van der Waals surface area contributed by atoms with Gasteiger partial charge in [0.2, 0.25) is 6.41 Å². The molecular formula is C18H31NO5. The third kappa shape index (κ3) is 7.32. The van der Waals surface area contributed by atoms with E-state index in [2.05, 4.69) is 19.2 Å². The molecule has 6 nitrogen and oxygen atoms in total. The number of amides is 1. The van der Waals surface area contributed by atoms with Gasteiger partial charge in [-0.25, -0.2) is 0 Å². The van der Waals surface area contributed by atoms with Crippen molar-refractivity contribution in [3.05, 3.63) is 0 Å². The van der Waals surface area contributed by atoms with Crippen molar-refractivity contribution in [2.24, 2.45) is 5.92 Å². The second-order valence-corrected chi connectivity index (χ2v) is 6.42. The molecule has 1 heterocycles. The normalized spacial score (nSPS) is 20.7. The van der Waals surface area contributed by atoms with E-state index in [1.54, 1.807) is 0 Å². The van der Waals surface area contributed by atoms with Crippen molar-refractivity contribution in [2.45, 2.75) is 83.8 Å². The van der Waals surface area contributed by atoms with Crippen molar-refractivity contribution in [1.82, 2.24) is 5.32 Å². The molecule has 1 aliphatic heterocycles. The highest BCUT2D eigenvalue weighted by Crippen LogP contribution is 2.32. The summed E-state index contributed by atoms with van der Waals surface area (Å²) in [5.41, 5.74) is 0. The van der Waals surface area contributed by atoms with E-state index in [9.17, 15) is 14.4 Å². The summed E-state index contributed by atoms with van der Waals surface area (Å²) < 4.78 is 10.7. The first-order valence-electron chi connectivity index (χ1n) is 9.19. The standard InChI is InChI=1S/C18H31NO5/c1-3-5-7-8-10-15-16(24-18(15)22)11-14(9-6-4-2)23-17(21)12-19-13-20/h13-16H,3-12H2,1-2H3,(H,19,20)/t14?,15-,16-/m0/s1. The van der Waals surface area contributed by atoms with Crippen molar-refractivity contribution in [2.75, 3.05) is 6.54 Å². The van der Waals surface area contributed by atoms with Crippen molar-refractivity contribution in [3.8, 4) is 0 Å². The van der Waals surface area contributed by atoms with E-state index >= 15 is 0 Å². The summed E-state index contributed by atoms with van der Waals surface area (Å²) in [6, 6.07) is 0. The Bertz CT molecular complexity index is 399. The zero-order valence-electron chi connectivity index (χ0n) is 14.9. The molecule has 1 fully saturated rings. The molecule has 1 N–H and O–H groups in total. The van der Waals surface area contributed by atoms with Gasteiger partial charge in [-0.2, -0.15) is 0 Å². The lowest BCUT2D eigenvalue weighted by atomic mass is 9.86. The Labute approximate surface area is 144 Å². The van der Waals surface area contributed by atoms with Gasteiger partial charge >= 0.3 is 11.9 Å². The topological polar surface area (TPSA) is 81.7 Å². The molecule has 0 aromatic carbocycles. The Morgan fingerprint density at radius 2 is 2.00 bits per heavy atom. The van der Waals surface area contributed by atoms with Crippen molar-refractivity contribution >= 4 is 18.3 Å². The Hall–Kier alpha value is -1.59. The van der Waals surface area contributed by atoms with Gasteiger partial charge < -0.3 is 14.8 Å². The summed E-state index contributed by atoms with van der Waals surface area (Å²) in [6.07, 6.45) is 8.70. The fraction of sp³-hybridized carbons (Fsp3) is 0.833. The molecule has 0 aromatic heterocycles. The monoisotopic (exact) mass is 341 g/mol. The molecule has 6 heteroatoms. The van der Waals surface area contributed by atoms with Crippen LogP contribution in [0.5, 0.6) is 0 Å². The summed E-state index contributed by atoms with van der Waals surface area (Å²) in [4.78, 5) is 33.6. The molecule has 138 valence electrons. The van der Waals surface area contributed by atoms with Crippen LogP contribution < -0.4 is 5.32 Å². The SMILES string of the molecule is CCCCCC[C@@H]1C(=O)O[C@H]1CC(CCCC)OC(=O)CNC=O. The van der Waals surface area contributed by atoms with Crippen LogP contribution in [0.1, 0.15) is 71.6 Å². The van der Waals surface area contributed by atoms with E-state index in [1.807, 2.05) is 0 Å². The second kappa shape index (κ2) is 11.9. The summed E-state index contributed by atoms with van der Waals surface area (Å²) in [6.45, 7) is 4.11. The van der Waals surface area contributed by atoms with Crippen molar-refractivity contribution in [1.29, 1.82) is 0 Å². The molecular weight excluding hydrogens is 310 g/mol. The number of cyclic esters (lactones) is 1. The van der Waals surface area contributed by atoms with Crippen LogP contribution in [0.25, 0.3) is 0 Å². The summed E-state index contributed by atoms with van der Waals surface area (Å²) in [5, 5.41) is 2.31. The maximum absolute atomic E-state index is 11.7. The quantitative estimate of drug-likeness (QED) is 0.298. The van der Waals surface area contributed by atoms with Crippen molar-refractivity contribution in [3.63, 3.8) is 0 Å². The predicted molar refractivity (Wildman–Crippen MR) is 90.2 cm³/mol. The fourth-order valence-corrected chi connectivity index (χ4v) is 2.97. The summed E-state index contributed by atoms with van der Waals surface area (Å²) in [7, 11) is 0. The van der Waals surface area contributed by atoms with Crippen LogP contribution in [0, 0.1) is 5.92 Å². The molecule has 0 aromatic rings. The lowest BCUT2D eigenvalue weighted by molar-refractivity contribution is -0.190. The number of ether oxygens (including phenoxy) is 2. The van der Waals surface area contributed by atoms with Gasteiger partial charge in [-0.3, -0.25) is 14.4 Å². The zero-order valence-corrected chi connectivity index (χ0v) is 14.9. The molecule has 0 radical (unpaired) electrons. The zero-order chi connectivity index (χ0) is 17.8. The Balaban J connectivity index is 2.44. The molecule has 1 amide bonds. The molecule has 24 heavy (non-hydrogen) atoms. The third-order valence-corrected chi connectivity index (χ3v) is 4.39. The summed E-state index contributed by atoms with van der Waals surface area (Å²) >= 11 is 0. The number of carbonyl (C=O) groups is 3. The first-order valence-corrected chi connectivity index (χ1v) is 9.19. The van der Waals surface area contributed by atoms with Crippen LogP contribution in [0.2, 0.25) is 0 Å². The lowest BCUT2D eigenvalue weighted by Crippen LogP contribution is -2.47. The van der Waals surface area contributed by atoms with E-state index in [-0.39, 0.29) is 30.6 Å². The minimum atomic E-state index is -0.451. The van der Waals surface area contributed by atoms with E-state index in [1.165, 1.54) is 12.8 Å². The molecule has 0 spiro atoms. The molecule has 1 unspecified atom stereocenters. The predicted octanol–water partition coefficient (Wildman–Crippen LogP) is 2.74. The highest BCUT2D eigenvalue weighted by molar-refractivity contribution is 5.78. The molecule has 3 atom stereocenters. The highest BCUT2D eigenvalue weighted by Gasteiger charge is 2.43. The van der Waals surface area contributed by atoms with Crippen LogP contribution in [0.4, 0.5) is 0 Å². The van der Waals surface area contributed by atoms with E-state index in [0.29, 0.717) is 12.8 Å². The molecule has 0 bridgehead atoms. The number of nitrogens with one attached hydrogen (secondary N) is 1. The first-order chi connectivity index (χ1) is 11.6. The molecule has 0 saturated carbocycles. The van der Waals surface area contributed by atoms with Gasteiger partial charge in [-0.15, -0.1) is 0 Å². The van der Waals surface area contributed by atoms with Crippen LogP contribution >= 0.6 is 0 Å². The number of hydrogen-bond donors (Lipinski definition) is 1. The number of unbranched alkanes of at least 4 members (excludes halogenated alkanes) is 4. The van der Waals surface area contributed by atoms with Crippen molar-refractivity contribution < 1.29 is 23.9 Å². The number of carbonyl (C=O) groups excluding carboxylic acids is 3. The molecule has 1 aliphatic rings. The van der Waals surface area contributed by atoms with Gasteiger partial charge in [0.15, 0.2) is 0 Å². The minimum Gasteiger partial charge on any atom is -0.461 e. The van der Waals surface area contributed by atoms with Crippen LogP contribution in [0.3, 0.4) is 0 Å². The van der Waals surface area contributed by atoms with Gasteiger partial charge in [0, 0.05) is 6.42 Å². The van der Waals surface area contributed by atoms with Gasteiger partial charge in [0.25, 0.3) is 0 Å². The van der Waals surface area contributed by atoms with Crippen LogP contribution in [0.15, 0.2) is 0 Å². The first kappa shape index (κ1) is 20.5. The van der Waals surface area contributed by atoms with Gasteiger partial charge in [0.05, 0.1) is 5.92 Å². The average molecular weight is 341 g/mol. The minimum absolute atomic E-state index is 0.0576. The maximum Gasteiger partial charge on any atom is 0.325 e. The average Bonchev–Trinajstić information content (AvgIpc) is 2.57. The Morgan fingerprint density at radius 1 is 1.25 bits per heavy atom. The van der Waals surface area contributed by atoms with Crippen LogP contribution in [-0.2, 0) is 23.9 Å². The molecule has 1 saturated heterocycles. The van der Waals surface area contributed by atoms with E-state index in [0.717, 1.165) is 38.5 Å². The Morgan fingerprint density at radius 3 is 2.62 bits per heavy atom. The van der Waals surface area contributed by atoms with Gasteiger partial charge in [0.1, 0.15) is 18.8 Å². The Kier molecular flexibility index (Phi) is 10.1. The number of rotatable bonds is 14. The van der Waals surface area contributed by atoms with E-state index < -0.39 is 5.97 Å². The highest BCUT2D eigenvalue weighted by atomic mass is 16.6. The fourth-order valence-electron chi connectivity index (χ4n) is 2.97. The van der Waals surface area contributed by atoms with Gasteiger partial charge in [-0.05, 0) is 12.8 Å². The largest absolute Gasteiger partial charge is 0.461 e. The second-order valence-electron chi connectivity index (χ2n) is 6.42. The maximum atomic E-state index is 11.7. The van der Waals surface area contributed by atoms with Crippen LogP contribution in [-0.4, -0.2) is 37.1 Å². The number of esters is 2. The lowest BCUT2D eigenvalue weighted by Gasteiger charge is -2.37. The molecule has 0 aliphatic carbocycles. The third-order valence-electron chi connectivity index (χ3n) is 4.39. The number of hydrogen-bond acceptors (Lipinski definition) is 5. The van der Waals surface area contributed by atoms with E-state index in [4.69, 9.17) is 9.47 Å². The van der Waals surface area contributed by atoms with Gasteiger partial charge in [-0.1, -0.05) is 52.4 Å².